The highest BCUT2D eigenvalue weighted by molar-refractivity contribution is 7.92. The molecule has 2 aliphatic rings. The van der Waals surface area contributed by atoms with E-state index in [2.05, 4.69) is 54.1 Å². The molecular formula is C28H31N3O3S. The summed E-state index contributed by atoms with van der Waals surface area (Å²) in [4.78, 5) is 0. The summed E-state index contributed by atoms with van der Waals surface area (Å²) >= 11 is 0. The number of ether oxygens (including phenoxy) is 1. The van der Waals surface area contributed by atoms with Gasteiger partial charge in [-0.15, -0.1) is 0 Å². The van der Waals surface area contributed by atoms with E-state index in [0.717, 1.165) is 52.2 Å². The zero-order valence-electron chi connectivity index (χ0n) is 20.6. The number of rotatable bonds is 5. The van der Waals surface area contributed by atoms with Gasteiger partial charge >= 0.3 is 0 Å². The molecule has 0 atom stereocenters. The van der Waals surface area contributed by atoms with Crippen molar-refractivity contribution >= 4 is 32.5 Å². The van der Waals surface area contributed by atoms with Gasteiger partial charge in [-0.25, -0.2) is 13.4 Å². The summed E-state index contributed by atoms with van der Waals surface area (Å²) in [7, 11) is -3.37. The number of anilines is 2. The second kappa shape index (κ2) is 9.06. The molecule has 0 aromatic heterocycles. The van der Waals surface area contributed by atoms with Crippen molar-refractivity contribution < 1.29 is 13.2 Å². The van der Waals surface area contributed by atoms with Gasteiger partial charge < -0.3 is 10.2 Å². The van der Waals surface area contributed by atoms with Gasteiger partial charge in [0.1, 0.15) is 12.4 Å². The summed E-state index contributed by atoms with van der Waals surface area (Å²) in [5.41, 5.74) is 13.1. The number of sulfonamides is 1. The summed E-state index contributed by atoms with van der Waals surface area (Å²) in [5.74, 6) is 0.854. The first-order chi connectivity index (χ1) is 16.7. The summed E-state index contributed by atoms with van der Waals surface area (Å²) in [6.07, 6.45) is 1.95. The van der Waals surface area contributed by atoms with Crippen LogP contribution in [0.2, 0.25) is 0 Å². The second-order valence-corrected chi connectivity index (χ2v) is 11.2. The quantitative estimate of drug-likeness (QED) is 0.469. The highest BCUT2D eigenvalue weighted by Gasteiger charge is 2.27. The molecule has 3 aromatic carbocycles. The van der Waals surface area contributed by atoms with Crippen LogP contribution in [0.1, 0.15) is 55.0 Å². The van der Waals surface area contributed by atoms with Gasteiger partial charge in [0.15, 0.2) is 0 Å². The van der Waals surface area contributed by atoms with Crippen LogP contribution in [-0.2, 0) is 23.2 Å². The lowest BCUT2D eigenvalue weighted by Gasteiger charge is -2.20. The Hall–Kier alpha value is -3.29. The molecule has 0 bridgehead atoms. The average Bonchev–Trinajstić information content (AvgIpc) is 3.16. The number of hydrogen-bond donors (Lipinski definition) is 2. The third-order valence-corrected chi connectivity index (χ3v) is 7.14. The van der Waals surface area contributed by atoms with Gasteiger partial charge in [-0.2, -0.15) is 0 Å². The molecule has 0 radical (unpaired) electrons. The van der Waals surface area contributed by atoms with Crippen molar-refractivity contribution in [2.75, 3.05) is 16.4 Å². The van der Waals surface area contributed by atoms with Crippen molar-refractivity contribution in [2.24, 2.45) is 0 Å². The number of hydrogen-bond acceptors (Lipinski definition) is 5. The topological polar surface area (TPSA) is 70.7 Å². The number of nitrogens with zero attached hydrogens (tertiary/aromatic N) is 1. The van der Waals surface area contributed by atoms with E-state index in [1.807, 2.05) is 36.4 Å². The molecule has 3 aromatic rings. The van der Waals surface area contributed by atoms with E-state index in [-0.39, 0.29) is 0 Å². The first kappa shape index (κ1) is 23.5. The largest absolute Gasteiger partial charge is 0.488 e. The number of nitrogens with one attached hydrogen (secondary N) is 2. The molecule has 0 aliphatic carbocycles. The van der Waals surface area contributed by atoms with Gasteiger partial charge in [-0.1, -0.05) is 37.3 Å². The maximum atomic E-state index is 11.9. The second-order valence-electron chi connectivity index (χ2n) is 9.45. The van der Waals surface area contributed by atoms with Gasteiger partial charge in [0.25, 0.3) is 0 Å². The predicted octanol–water partition coefficient (Wildman–Crippen LogP) is 5.87. The van der Waals surface area contributed by atoms with Gasteiger partial charge in [-0.3, -0.25) is 4.72 Å². The number of hydrazine groups is 1. The number of para-hydroxylation sites is 1. The van der Waals surface area contributed by atoms with Crippen molar-refractivity contribution in [1.82, 2.24) is 5.01 Å². The van der Waals surface area contributed by atoms with Gasteiger partial charge in [-0.05, 0) is 84.0 Å². The highest BCUT2D eigenvalue weighted by atomic mass is 32.2. The monoisotopic (exact) mass is 489 g/mol. The van der Waals surface area contributed by atoms with Crippen LogP contribution in [0, 0.1) is 0 Å². The van der Waals surface area contributed by atoms with E-state index >= 15 is 0 Å². The summed E-state index contributed by atoms with van der Waals surface area (Å²) in [5, 5.41) is 2.24. The number of benzene rings is 3. The van der Waals surface area contributed by atoms with E-state index in [1.54, 1.807) is 6.07 Å². The molecule has 2 N–H and O–H groups in total. The number of allylic oxidation sites excluding steroid dienone is 1. The third-order valence-electron chi connectivity index (χ3n) is 6.54. The molecule has 2 heterocycles. The van der Waals surface area contributed by atoms with E-state index in [1.165, 1.54) is 17.4 Å². The first-order valence-electron chi connectivity index (χ1n) is 12.0. The van der Waals surface area contributed by atoms with E-state index in [9.17, 15) is 8.42 Å². The van der Waals surface area contributed by atoms with Gasteiger partial charge in [0, 0.05) is 23.8 Å². The molecule has 0 unspecified atom stereocenters. The normalized spacial score (nSPS) is 16.5. The summed E-state index contributed by atoms with van der Waals surface area (Å²) < 4.78 is 32.6. The molecule has 7 heteroatoms. The predicted molar refractivity (Wildman–Crippen MR) is 143 cm³/mol. The third kappa shape index (κ3) is 4.66. The Bertz CT molecular complexity index is 1430. The maximum Gasteiger partial charge on any atom is 0.229 e. The smallest absolute Gasteiger partial charge is 0.229 e. The Morgan fingerprint density at radius 2 is 1.86 bits per heavy atom. The minimum atomic E-state index is -3.37. The zero-order valence-corrected chi connectivity index (χ0v) is 21.4. The lowest BCUT2D eigenvalue weighted by molar-refractivity contribution is 0.279. The molecular weight excluding hydrogens is 458 g/mol. The van der Waals surface area contributed by atoms with Crippen LogP contribution in [-0.4, -0.2) is 25.7 Å². The molecule has 35 heavy (non-hydrogen) atoms. The van der Waals surface area contributed by atoms with Crippen molar-refractivity contribution in [1.29, 1.82) is 0 Å². The van der Waals surface area contributed by atoms with Crippen LogP contribution in [0.5, 0.6) is 5.75 Å². The Morgan fingerprint density at radius 3 is 2.60 bits per heavy atom. The van der Waals surface area contributed by atoms with Crippen LogP contribution in [0.4, 0.5) is 11.4 Å². The van der Waals surface area contributed by atoms with Gasteiger partial charge in [0.05, 0.1) is 11.9 Å². The Balaban J connectivity index is 1.74. The molecule has 0 fully saturated rings. The van der Waals surface area contributed by atoms with Crippen LogP contribution in [0.25, 0.3) is 11.1 Å². The first-order valence-corrected chi connectivity index (χ1v) is 13.9. The fourth-order valence-corrected chi connectivity index (χ4v) is 5.46. The van der Waals surface area contributed by atoms with E-state index < -0.39 is 10.0 Å². The molecule has 0 saturated carbocycles. The Morgan fingerprint density at radius 1 is 1.06 bits per heavy atom. The van der Waals surface area contributed by atoms with Crippen molar-refractivity contribution in [3.05, 3.63) is 88.5 Å². The minimum Gasteiger partial charge on any atom is -0.488 e. The van der Waals surface area contributed by atoms with Crippen molar-refractivity contribution in [3.8, 4) is 5.75 Å². The van der Waals surface area contributed by atoms with E-state index in [4.69, 9.17) is 4.74 Å². The lowest BCUT2D eigenvalue weighted by Crippen LogP contribution is -2.30. The SMILES string of the molecule is CC/C(=C1\c2cc3c(cc2COc2ccccc21)NN(C(C)C)C3)c1cccc(NS(C)(=O)=O)c1. The molecule has 2 aliphatic heterocycles. The summed E-state index contributed by atoms with van der Waals surface area (Å²) in [6, 6.07) is 20.7. The van der Waals surface area contributed by atoms with Crippen LogP contribution >= 0.6 is 0 Å². The van der Waals surface area contributed by atoms with Crippen LogP contribution in [0.3, 0.4) is 0 Å². The average molecular weight is 490 g/mol. The highest BCUT2D eigenvalue weighted by Crippen LogP contribution is 2.44. The molecule has 5 rings (SSSR count). The molecule has 0 saturated heterocycles. The standard InChI is InChI=1S/C28H31N3O3S/c1-5-23(19-9-8-10-22(13-19)30-35(4,32)33)28-24-11-6-7-12-27(24)34-17-21-15-26-20(14-25(21)28)16-31(29-26)18(2)3/h6-15,18,29-30H,5,16-17H2,1-4H3/b28-23+. The number of fused-ring (bicyclic) bond motifs is 3. The minimum absolute atomic E-state index is 0.380. The Labute approximate surface area is 207 Å². The molecule has 0 amide bonds. The van der Waals surface area contributed by atoms with Crippen molar-refractivity contribution in [3.63, 3.8) is 0 Å². The van der Waals surface area contributed by atoms with Crippen molar-refractivity contribution in [2.45, 2.75) is 46.4 Å². The molecule has 0 spiro atoms. The van der Waals surface area contributed by atoms with E-state index in [0.29, 0.717) is 18.3 Å². The van der Waals surface area contributed by atoms with Crippen LogP contribution in [0.15, 0.2) is 60.7 Å². The molecule has 6 nitrogen and oxygen atoms in total. The fourth-order valence-electron chi connectivity index (χ4n) is 4.90. The maximum absolute atomic E-state index is 11.9. The lowest BCUT2D eigenvalue weighted by atomic mass is 9.85. The zero-order chi connectivity index (χ0) is 24.7. The summed E-state index contributed by atoms with van der Waals surface area (Å²) in [6.45, 7) is 7.83. The van der Waals surface area contributed by atoms with Crippen LogP contribution < -0.4 is 14.9 Å². The molecule has 182 valence electrons. The Kier molecular flexibility index (Phi) is 6.07. The van der Waals surface area contributed by atoms with Gasteiger partial charge in [0.2, 0.25) is 10.0 Å². The fraction of sp³-hybridized carbons (Fsp3) is 0.286.